The summed E-state index contributed by atoms with van der Waals surface area (Å²) in [6.07, 6.45) is 11.0. The van der Waals surface area contributed by atoms with Crippen molar-refractivity contribution in [2.45, 2.75) is 57.7 Å². The second kappa shape index (κ2) is 5.13. The Labute approximate surface area is 92.6 Å². The highest BCUT2D eigenvalue weighted by Crippen LogP contribution is 2.30. The Morgan fingerprint density at radius 2 is 1.80 bits per heavy atom. The maximum Gasteiger partial charge on any atom is 0.171 e. The van der Waals surface area contributed by atoms with E-state index in [0.717, 1.165) is 26.1 Å². The van der Waals surface area contributed by atoms with Crippen molar-refractivity contribution in [2.75, 3.05) is 13.2 Å². The number of rotatable bonds is 3. The van der Waals surface area contributed by atoms with Crippen LogP contribution in [-0.4, -0.2) is 19.0 Å². The van der Waals surface area contributed by atoms with Gasteiger partial charge in [-0.15, -0.1) is 0 Å². The van der Waals surface area contributed by atoms with Gasteiger partial charge in [0, 0.05) is 6.42 Å². The van der Waals surface area contributed by atoms with Gasteiger partial charge in [-0.05, 0) is 32.1 Å². The lowest BCUT2D eigenvalue weighted by atomic mass is 9.93. The molecule has 86 valence electrons. The molecule has 0 aromatic carbocycles. The summed E-state index contributed by atoms with van der Waals surface area (Å²) in [5, 5.41) is 0. The normalized spacial score (nSPS) is 25.5. The van der Waals surface area contributed by atoms with Crippen LogP contribution >= 0.6 is 0 Å². The van der Waals surface area contributed by atoms with Crippen molar-refractivity contribution in [3.63, 3.8) is 0 Å². The van der Waals surface area contributed by atoms with Crippen molar-refractivity contribution >= 4 is 0 Å². The molecule has 1 saturated heterocycles. The third-order valence-electron chi connectivity index (χ3n) is 3.55. The Bertz CT molecular complexity index is 219. The van der Waals surface area contributed by atoms with Crippen molar-refractivity contribution in [1.29, 1.82) is 0 Å². The summed E-state index contributed by atoms with van der Waals surface area (Å²) in [5.41, 5.74) is 1.62. The SMILES string of the molecule is CCC1(CC=C2CCCCC2)OCCO1. The van der Waals surface area contributed by atoms with Crippen molar-refractivity contribution in [3.05, 3.63) is 11.6 Å². The van der Waals surface area contributed by atoms with E-state index in [4.69, 9.17) is 9.47 Å². The van der Waals surface area contributed by atoms with Gasteiger partial charge in [0.15, 0.2) is 5.79 Å². The predicted molar refractivity (Wildman–Crippen MR) is 60.7 cm³/mol. The molecule has 0 amide bonds. The minimum atomic E-state index is -0.287. The first-order valence-corrected chi connectivity index (χ1v) is 6.30. The van der Waals surface area contributed by atoms with E-state index in [1.165, 1.54) is 32.1 Å². The van der Waals surface area contributed by atoms with Gasteiger partial charge in [0.05, 0.1) is 13.2 Å². The van der Waals surface area contributed by atoms with Gasteiger partial charge in [0.2, 0.25) is 0 Å². The maximum atomic E-state index is 5.71. The van der Waals surface area contributed by atoms with E-state index in [2.05, 4.69) is 13.0 Å². The zero-order valence-corrected chi connectivity index (χ0v) is 9.76. The smallest absolute Gasteiger partial charge is 0.171 e. The zero-order valence-electron chi connectivity index (χ0n) is 9.76. The van der Waals surface area contributed by atoms with Gasteiger partial charge in [0.1, 0.15) is 0 Å². The van der Waals surface area contributed by atoms with Crippen LogP contribution in [0.4, 0.5) is 0 Å². The second-order valence-electron chi connectivity index (χ2n) is 4.59. The van der Waals surface area contributed by atoms with Crippen LogP contribution in [0, 0.1) is 0 Å². The van der Waals surface area contributed by atoms with Gasteiger partial charge in [-0.25, -0.2) is 0 Å². The highest BCUT2D eigenvalue weighted by Gasteiger charge is 2.33. The van der Waals surface area contributed by atoms with E-state index in [1.807, 2.05) is 0 Å². The Morgan fingerprint density at radius 1 is 1.13 bits per heavy atom. The van der Waals surface area contributed by atoms with Crippen LogP contribution in [-0.2, 0) is 9.47 Å². The molecule has 0 aromatic heterocycles. The molecular formula is C13H22O2. The molecule has 0 aromatic rings. The summed E-state index contributed by atoms with van der Waals surface area (Å²) >= 11 is 0. The maximum absolute atomic E-state index is 5.71. The fourth-order valence-corrected chi connectivity index (χ4v) is 2.47. The Morgan fingerprint density at radius 3 is 2.40 bits per heavy atom. The first-order chi connectivity index (χ1) is 7.35. The molecule has 2 rings (SSSR count). The molecular weight excluding hydrogens is 188 g/mol. The van der Waals surface area contributed by atoms with E-state index in [-0.39, 0.29) is 5.79 Å². The van der Waals surface area contributed by atoms with Crippen molar-refractivity contribution in [2.24, 2.45) is 0 Å². The molecule has 0 bridgehead atoms. The largest absolute Gasteiger partial charge is 0.347 e. The standard InChI is InChI=1S/C13H22O2/c1-2-13(14-10-11-15-13)9-8-12-6-4-3-5-7-12/h8H,2-7,9-11H2,1H3. The molecule has 1 saturated carbocycles. The molecule has 1 heterocycles. The van der Waals surface area contributed by atoms with Crippen LogP contribution in [0.5, 0.6) is 0 Å². The zero-order chi connectivity index (χ0) is 10.6. The third-order valence-corrected chi connectivity index (χ3v) is 3.55. The van der Waals surface area contributed by atoms with Crippen LogP contribution in [0.25, 0.3) is 0 Å². The van der Waals surface area contributed by atoms with Crippen LogP contribution in [0.1, 0.15) is 51.9 Å². The monoisotopic (exact) mass is 210 g/mol. The van der Waals surface area contributed by atoms with E-state index in [0.29, 0.717) is 0 Å². The van der Waals surface area contributed by atoms with Crippen LogP contribution < -0.4 is 0 Å². The molecule has 0 N–H and O–H groups in total. The highest BCUT2D eigenvalue weighted by atomic mass is 16.7. The minimum Gasteiger partial charge on any atom is -0.347 e. The van der Waals surface area contributed by atoms with E-state index < -0.39 is 0 Å². The number of allylic oxidation sites excluding steroid dienone is 1. The van der Waals surface area contributed by atoms with E-state index in [1.54, 1.807) is 5.57 Å². The van der Waals surface area contributed by atoms with Gasteiger partial charge in [0.25, 0.3) is 0 Å². The molecule has 2 aliphatic rings. The van der Waals surface area contributed by atoms with Crippen LogP contribution in [0.15, 0.2) is 11.6 Å². The fourth-order valence-electron chi connectivity index (χ4n) is 2.47. The summed E-state index contributed by atoms with van der Waals surface area (Å²) in [7, 11) is 0. The molecule has 1 aliphatic heterocycles. The topological polar surface area (TPSA) is 18.5 Å². The predicted octanol–water partition coefficient (Wildman–Crippen LogP) is 3.42. The van der Waals surface area contributed by atoms with Gasteiger partial charge in [-0.3, -0.25) is 0 Å². The average Bonchev–Trinajstić information content (AvgIpc) is 2.77. The molecule has 0 atom stereocenters. The fraction of sp³-hybridized carbons (Fsp3) is 0.846. The van der Waals surface area contributed by atoms with Crippen LogP contribution in [0.2, 0.25) is 0 Å². The molecule has 1 aliphatic carbocycles. The molecule has 15 heavy (non-hydrogen) atoms. The minimum absolute atomic E-state index is 0.287. The molecule has 0 radical (unpaired) electrons. The Hall–Kier alpha value is -0.340. The van der Waals surface area contributed by atoms with Gasteiger partial charge >= 0.3 is 0 Å². The average molecular weight is 210 g/mol. The Kier molecular flexibility index (Phi) is 3.81. The number of ether oxygens (including phenoxy) is 2. The first kappa shape index (κ1) is 11.2. The van der Waals surface area contributed by atoms with Crippen molar-refractivity contribution in [3.8, 4) is 0 Å². The summed E-state index contributed by atoms with van der Waals surface area (Å²) in [4.78, 5) is 0. The van der Waals surface area contributed by atoms with Crippen molar-refractivity contribution < 1.29 is 9.47 Å². The summed E-state index contributed by atoms with van der Waals surface area (Å²) in [6.45, 7) is 3.67. The lowest BCUT2D eigenvalue weighted by Gasteiger charge is -2.25. The molecule has 2 heteroatoms. The quantitative estimate of drug-likeness (QED) is 0.664. The lowest BCUT2D eigenvalue weighted by Crippen LogP contribution is -2.28. The summed E-state index contributed by atoms with van der Waals surface area (Å²) in [5.74, 6) is -0.287. The van der Waals surface area contributed by atoms with Gasteiger partial charge in [-0.2, -0.15) is 0 Å². The molecule has 0 unspecified atom stereocenters. The second-order valence-corrected chi connectivity index (χ2v) is 4.59. The van der Waals surface area contributed by atoms with E-state index >= 15 is 0 Å². The first-order valence-electron chi connectivity index (χ1n) is 6.30. The number of hydrogen-bond donors (Lipinski definition) is 0. The van der Waals surface area contributed by atoms with Gasteiger partial charge in [-0.1, -0.05) is 25.0 Å². The molecule has 2 fully saturated rings. The number of hydrogen-bond acceptors (Lipinski definition) is 2. The summed E-state index contributed by atoms with van der Waals surface area (Å²) in [6, 6.07) is 0. The summed E-state index contributed by atoms with van der Waals surface area (Å²) < 4.78 is 11.4. The van der Waals surface area contributed by atoms with Crippen LogP contribution in [0.3, 0.4) is 0 Å². The van der Waals surface area contributed by atoms with Gasteiger partial charge < -0.3 is 9.47 Å². The third kappa shape index (κ3) is 2.82. The highest BCUT2D eigenvalue weighted by molar-refractivity contribution is 5.05. The molecule has 2 nitrogen and oxygen atoms in total. The Balaban J connectivity index is 1.89. The van der Waals surface area contributed by atoms with Crippen molar-refractivity contribution in [1.82, 2.24) is 0 Å². The lowest BCUT2D eigenvalue weighted by molar-refractivity contribution is -0.155. The molecule has 0 spiro atoms. The van der Waals surface area contributed by atoms with E-state index in [9.17, 15) is 0 Å².